The van der Waals surface area contributed by atoms with Crippen molar-refractivity contribution in [3.8, 4) is 0 Å². The molecule has 0 aromatic rings. The first-order valence-corrected chi connectivity index (χ1v) is 5.21. The van der Waals surface area contributed by atoms with Gasteiger partial charge in [-0.1, -0.05) is 12.2 Å². The minimum absolute atomic E-state index is 0.459. The summed E-state index contributed by atoms with van der Waals surface area (Å²) in [6.07, 6.45) is 13.6. The van der Waals surface area contributed by atoms with Crippen molar-refractivity contribution in [3.05, 3.63) is 24.4 Å². The van der Waals surface area contributed by atoms with Crippen LogP contribution in [0.5, 0.6) is 0 Å². The van der Waals surface area contributed by atoms with Crippen LogP contribution in [0.25, 0.3) is 0 Å². The number of allylic oxidation sites excluding steroid dienone is 2. The molecule has 1 saturated carbocycles. The largest absolute Gasteiger partial charge is 0.371 e. The van der Waals surface area contributed by atoms with Gasteiger partial charge in [0.05, 0.1) is 0 Å². The topological polar surface area (TPSA) is 29.3 Å². The summed E-state index contributed by atoms with van der Waals surface area (Å²) in [6.45, 7) is 1.08. The second kappa shape index (κ2) is 3.97. The molecule has 2 aliphatic rings. The van der Waals surface area contributed by atoms with Crippen LogP contribution >= 0.6 is 0 Å². The molecule has 1 heterocycles. The summed E-state index contributed by atoms with van der Waals surface area (Å²) in [5, 5.41) is 0. The second-order valence-corrected chi connectivity index (χ2v) is 4.04. The van der Waals surface area contributed by atoms with Crippen molar-refractivity contribution in [2.45, 2.75) is 37.8 Å². The van der Waals surface area contributed by atoms with Crippen molar-refractivity contribution in [1.29, 1.82) is 0 Å². The number of rotatable bonds is 1. The number of hydrogen-bond donors (Lipinski definition) is 1. The maximum absolute atomic E-state index is 5.88. The Balaban J connectivity index is 1.87. The van der Waals surface area contributed by atoms with E-state index in [0.717, 1.165) is 12.6 Å². The normalized spacial score (nSPS) is 33.8. The summed E-state index contributed by atoms with van der Waals surface area (Å²) in [5.41, 5.74) is 5.88. The fourth-order valence-electron chi connectivity index (χ4n) is 2.19. The molecule has 2 heteroatoms. The van der Waals surface area contributed by atoms with Gasteiger partial charge in [-0.15, -0.1) is 0 Å². The molecule has 0 amide bonds. The Morgan fingerprint density at radius 3 is 2.46 bits per heavy atom. The number of nitrogens with zero attached hydrogens (tertiary/aromatic N) is 1. The summed E-state index contributed by atoms with van der Waals surface area (Å²) in [5.74, 6) is 0. The molecule has 0 aromatic carbocycles. The van der Waals surface area contributed by atoms with E-state index in [1.54, 1.807) is 0 Å². The standard InChI is InChI=1S/C11H18N2/c12-10-4-6-11(7-5-10)13-8-2-1-3-9-13/h1-3,8,10-11H,4-7,9,12H2. The van der Waals surface area contributed by atoms with Crippen LogP contribution in [0.4, 0.5) is 0 Å². The van der Waals surface area contributed by atoms with Gasteiger partial charge in [-0.3, -0.25) is 0 Å². The lowest BCUT2D eigenvalue weighted by atomic mass is 9.91. The quantitative estimate of drug-likeness (QED) is 0.661. The van der Waals surface area contributed by atoms with Crippen molar-refractivity contribution in [2.75, 3.05) is 6.54 Å². The van der Waals surface area contributed by atoms with E-state index in [0.29, 0.717) is 6.04 Å². The van der Waals surface area contributed by atoms with Crippen LogP contribution < -0.4 is 5.73 Å². The highest BCUT2D eigenvalue weighted by atomic mass is 15.1. The van der Waals surface area contributed by atoms with Crippen LogP contribution in [0.1, 0.15) is 25.7 Å². The fourth-order valence-corrected chi connectivity index (χ4v) is 2.19. The molecule has 13 heavy (non-hydrogen) atoms. The molecule has 1 aliphatic heterocycles. The molecule has 0 atom stereocenters. The Labute approximate surface area is 80.1 Å². The smallest absolute Gasteiger partial charge is 0.0360 e. The van der Waals surface area contributed by atoms with Gasteiger partial charge >= 0.3 is 0 Å². The third-order valence-corrected chi connectivity index (χ3v) is 3.05. The lowest BCUT2D eigenvalue weighted by molar-refractivity contribution is 0.221. The van der Waals surface area contributed by atoms with Gasteiger partial charge in [0.2, 0.25) is 0 Å². The molecular weight excluding hydrogens is 160 g/mol. The zero-order valence-electron chi connectivity index (χ0n) is 8.02. The maximum Gasteiger partial charge on any atom is 0.0360 e. The van der Waals surface area contributed by atoms with Gasteiger partial charge in [-0.25, -0.2) is 0 Å². The third kappa shape index (κ3) is 2.13. The molecule has 72 valence electrons. The molecule has 2 N–H and O–H groups in total. The summed E-state index contributed by atoms with van der Waals surface area (Å²) < 4.78 is 0. The van der Waals surface area contributed by atoms with Crippen LogP contribution in [0.15, 0.2) is 24.4 Å². The average Bonchev–Trinajstić information content (AvgIpc) is 2.20. The average molecular weight is 178 g/mol. The van der Waals surface area contributed by atoms with Gasteiger partial charge in [-0.2, -0.15) is 0 Å². The Bertz CT molecular complexity index is 212. The van der Waals surface area contributed by atoms with Crippen LogP contribution in [-0.4, -0.2) is 23.5 Å². The molecule has 0 spiro atoms. The summed E-state index contributed by atoms with van der Waals surface area (Å²) >= 11 is 0. The first kappa shape index (κ1) is 8.82. The predicted octanol–water partition coefficient (Wildman–Crippen LogP) is 1.64. The van der Waals surface area contributed by atoms with E-state index in [-0.39, 0.29) is 0 Å². The van der Waals surface area contributed by atoms with Crippen molar-refractivity contribution >= 4 is 0 Å². The van der Waals surface area contributed by atoms with E-state index < -0.39 is 0 Å². The second-order valence-electron chi connectivity index (χ2n) is 4.04. The predicted molar refractivity (Wildman–Crippen MR) is 55.2 cm³/mol. The first-order chi connectivity index (χ1) is 6.36. The highest BCUT2D eigenvalue weighted by Gasteiger charge is 2.21. The molecule has 0 aromatic heterocycles. The summed E-state index contributed by atoms with van der Waals surface area (Å²) in [7, 11) is 0. The van der Waals surface area contributed by atoms with E-state index in [4.69, 9.17) is 5.73 Å². The van der Waals surface area contributed by atoms with Crippen LogP contribution in [0, 0.1) is 0 Å². The highest BCUT2D eigenvalue weighted by Crippen LogP contribution is 2.22. The maximum atomic E-state index is 5.88. The van der Waals surface area contributed by atoms with Crippen molar-refractivity contribution in [2.24, 2.45) is 5.73 Å². The monoisotopic (exact) mass is 178 g/mol. The van der Waals surface area contributed by atoms with Gasteiger partial charge in [0.1, 0.15) is 0 Å². The zero-order chi connectivity index (χ0) is 9.10. The third-order valence-electron chi connectivity index (χ3n) is 3.05. The molecule has 0 bridgehead atoms. The van der Waals surface area contributed by atoms with E-state index >= 15 is 0 Å². The Hall–Kier alpha value is -0.760. The first-order valence-electron chi connectivity index (χ1n) is 5.21. The molecular formula is C11H18N2. The molecule has 0 unspecified atom stereocenters. The Kier molecular flexibility index (Phi) is 2.69. The van der Waals surface area contributed by atoms with E-state index in [1.807, 2.05) is 0 Å². The zero-order valence-corrected chi connectivity index (χ0v) is 8.02. The van der Waals surface area contributed by atoms with Crippen molar-refractivity contribution in [1.82, 2.24) is 4.90 Å². The molecule has 0 radical (unpaired) electrons. The Morgan fingerprint density at radius 1 is 1.08 bits per heavy atom. The SMILES string of the molecule is NC1CCC(N2C=CC=CC2)CC1. The van der Waals surface area contributed by atoms with Crippen molar-refractivity contribution < 1.29 is 0 Å². The van der Waals surface area contributed by atoms with E-state index in [2.05, 4.69) is 29.3 Å². The van der Waals surface area contributed by atoms with Crippen LogP contribution in [-0.2, 0) is 0 Å². The molecule has 1 fully saturated rings. The van der Waals surface area contributed by atoms with Crippen LogP contribution in [0.3, 0.4) is 0 Å². The lowest BCUT2D eigenvalue weighted by Gasteiger charge is -2.35. The van der Waals surface area contributed by atoms with Gasteiger partial charge < -0.3 is 10.6 Å². The number of nitrogens with two attached hydrogens (primary N) is 1. The minimum Gasteiger partial charge on any atom is -0.371 e. The number of hydrogen-bond acceptors (Lipinski definition) is 2. The van der Waals surface area contributed by atoms with Crippen LogP contribution in [0.2, 0.25) is 0 Å². The minimum atomic E-state index is 0.459. The fraction of sp³-hybridized carbons (Fsp3) is 0.636. The van der Waals surface area contributed by atoms with Gasteiger partial charge in [0, 0.05) is 18.6 Å². The van der Waals surface area contributed by atoms with Gasteiger partial charge in [0.15, 0.2) is 0 Å². The van der Waals surface area contributed by atoms with Gasteiger partial charge in [-0.05, 0) is 38.0 Å². The van der Waals surface area contributed by atoms with E-state index in [1.165, 1.54) is 25.7 Å². The van der Waals surface area contributed by atoms with E-state index in [9.17, 15) is 0 Å². The van der Waals surface area contributed by atoms with Gasteiger partial charge in [0.25, 0.3) is 0 Å². The molecule has 2 rings (SSSR count). The lowest BCUT2D eigenvalue weighted by Crippen LogP contribution is -2.38. The molecule has 0 saturated heterocycles. The summed E-state index contributed by atoms with van der Waals surface area (Å²) in [6, 6.07) is 1.20. The molecule has 2 nitrogen and oxygen atoms in total. The highest BCUT2D eigenvalue weighted by molar-refractivity contribution is 5.09. The summed E-state index contributed by atoms with van der Waals surface area (Å²) in [4.78, 5) is 2.44. The Morgan fingerprint density at radius 2 is 1.85 bits per heavy atom. The molecule has 1 aliphatic carbocycles. The van der Waals surface area contributed by atoms with Crippen molar-refractivity contribution in [3.63, 3.8) is 0 Å².